The number of carbonyl (C=O) groups excluding carboxylic acids is 1. The number of aromatic amines is 1. The number of para-hydroxylation sites is 1. The molecule has 0 aliphatic heterocycles. The number of nitrogens with zero attached hydrogens (tertiary/aromatic N) is 2. The molecule has 5 heteroatoms. The largest absolute Gasteiger partial charge is 0.360 e. The number of H-pyrrole nitrogens is 1. The summed E-state index contributed by atoms with van der Waals surface area (Å²) in [6.45, 7) is 2.21. The van der Waals surface area contributed by atoms with Gasteiger partial charge in [-0.2, -0.15) is 0 Å². The number of rotatable bonds is 3. The molecule has 0 aliphatic rings. The molecule has 0 bridgehead atoms. The first-order chi connectivity index (χ1) is 9.74. The molecule has 0 unspecified atom stereocenters. The fourth-order valence-electron chi connectivity index (χ4n) is 2.13. The Bertz CT molecular complexity index is 763. The van der Waals surface area contributed by atoms with Gasteiger partial charge in [0.05, 0.1) is 17.8 Å². The van der Waals surface area contributed by atoms with Gasteiger partial charge in [0.2, 0.25) is 0 Å². The molecule has 0 atom stereocenters. The second kappa shape index (κ2) is 5.13. The van der Waals surface area contributed by atoms with Gasteiger partial charge in [-0.1, -0.05) is 18.2 Å². The molecule has 1 aromatic carbocycles. The van der Waals surface area contributed by atoms with E-state index in [1.807, 2.05) is 31.2 Å². The van der Waals surface area contributed by atoms with E-state index in [0.717, 1.165) is 16.6 Å². The predicted molar refractivity (Wildman–Crippen MR) is 76.2 cm³/mol. The molecule has 0 saturated carbocycles. The molecule has 0 fully saturated rings. The normalized spacial score (nSPS) is 10.7. The predicted octanol–water partition coefficient (Wildman–Crippen LogP) is 2.20. The minimum atomic E-state index is -0.112. The van der Waals surface area contributed by atoms with Crippen LogP contribution in [-0.4, -0.2) is 20.9 Å². The third-order valence-electron chi connectivity index (χ3n) is 3.10. The van der Waals surface area contributed by atoms with E-state index < -0.39 is 0 Å². The summed E-state index contributed by atoms with van der Waals surface area (Å²) in [6, 6.07) is 9.52. The number of carbonyl (C=O) groups is 1. The molecule has 2 heterocycles. The lowest BCUT2D eigenvalue weighted by Crippen LogP contribution is -2.23. The Morgan fingerprint density at radius 2 is 2.15 bits per heavy atom. The summed E-state index contributed by atoms with van der Waals surface area (Å²) in [6.07, 6.45) is 3.42. The van der Waals surface area contributed by atoms with Crippen molar-refractivity contribution in [3.8, 4) is 0 Å². The van der Waals surface area contributed by atoms with Gasteiger partial charge >= 0.3 is 0 Å². The van der Waals surface area contributed by atoms with Gasteiger partial charge < -0.3 is 10.3 Å². The van der Waals surface area contributed by atoms with Crippen LogP contribution in [-0.2, 0) is 6.54 Å². The smallest absolute Gasteiger partial charge is 0.253 e. The van der Waals surface area contributed by atoms with Gasteiger partial charge in [-0.3, -0.25) is 4.79 Å². The summed E-state index contributed by atoms with van der Waals surface area (Å²) in [5.74, 6) is 0.586. The second-order valence-corrected chi connectivity index (χ2v) is 4.53. The molecule has 1 amide bonds. The highest BCUT2D eigenvalue weighted by molar-refractivity contribution is 6.06. The van der Waals surface area contributed by atoms with Crippen molar-refractivity contribution in [3.63, 3.8) is 0 Å². The van der Waals surface area contributed by atoms with E-state index >= 15 is 0 Å². The molecule has 0 radical (unpaired) electrons. The first-order valence-corrected chi connectivity index (χ1v) is 6.37. The van der Waals surface area contributed by atoms with Crippen LogP contribution in [0.3, 0.4) is 0 Å². The van der Waals surface area contributed by atoms with Crippen molar-refractivity contribution in [1.82, 2.24) is 20.3 Å². The lowest BCUT2D eigenvalue weighted by molar-refractivity contribution is 0.0952. The van der Waals surface area contributed by atoms with Crippen molar-refractivity contribution in [1.29, 1.82) is 0 Å². The van der Waals surface area contributed by atoms with Crippen LogP contribution in [0.1, 0.15) is 21.9 Å². The van der Waals surface area contributed by atoms with E-state index in [4.69, 9.17) is 0 Å². The van der Waals surface area contributed by atoms with Crippen molar-refractivity contribution in [3.05, 3.63) is 59.8 Å². The molecule has 100 valence electrons. The SMILES string of the molecule is Cc1nccc(CNC(=O)c2c[nH]c3ccccc23)n1. The van der Waals surface area contributed by atoms with Crippen LogP contribution < -0.4 is 5.32 Å². The van der Waals surface area contributed by atoms with Crippen molar-refractivity contribution < 1.29 is 4.79 Å². The highest BCUT2D eigenvalue weighted by Crippen LogP contribution is 2.17. The average Bonchev–Trinajstić information content (AvgIpc) is 2.89. The quantitative estimate of drug-likeness (QED) is 0.763. The standard InChI is InChI=1S/C15H14N4O/c1-10-16-7-6-11(19-10)8-18-15(20)13-9-17-14-5-3-2-4-12(13)14/h2-7,9,17H,8H2,1H3,(H,18,20). The molecule has 3 rings (SSSR count). The fraction of sp³-hybridized carbons (Fsp3) is 0.133. The first kappa shape index (κ1) is 12.3. The Hall–Kier alpha value is -2.69. The molecular formula is C15H14N4O. The highest BCUT2D eigenvalue weighted by Gasteiger charge is 2.11. The summed E-state index contributed by atoms with van der Waals surface area (Å²) in [5, 5.41) is 3.79. The number of hydrogen-bond donors (Lipinski definition) is 2. The van der Waals surface area contributed by atoms with Gasteiger partial charge in [-0.15, -0.1) is 0 Å². The number of benzene rings is 1. The maximum Gasteiger partial charge on any atom is 0.253 e. The third-order valence-corrected chi connectivity index (χ3v) is 3.10. The second-order valence-electron chi connectivity index (χ2n) is 4.53. The number of aromatic nitrogens is 3. The van der Waals surface area contributed by atoms with Gasteiger partial charge in [-0.25, -0.2) is 9.97 Å². The lowest BCUT2D eigenvalue weighted by Gasteiger charge is -2.04. The zero-order valence-electron chi connectivity index (χ0n) is 11.1. The number of fused-ring (bicyclic) bond motifs is 1. The molecule has 0 spiro atoms. The molecule has 3 aromatic rings. The van der Waals surface area contributed by atoms with Gasteiger partial charge in [0.25, 0.3) is 5.91 Å². The summed E-state index contributed by atoms with van der Waals surface area (Å²) in [4.78, 5) is 23.6. The summed E-state index contributed by atoms with van der Waals surface area (Å²) < 4.78 is 0. The molecule has 0 saturated heterocycles. The van der Waals surface area contributed by atoms with Crippen LogP contribution >= 0.6 is 0 Å². The van der Waals surface area contributed by atoms with E-state index in [1.54, 1.807) is 18.5 Å². The van der Waals surface area contributed by atoms with Crippen molar-refractivity contribution >= 4 is 16.8 Å². The van der Waals surface area contributed by atoms with Gasteiger partial charge in [0.15, 0.2) is 0 Å². The Kier molecular flexibility index (Phi) is 3.16. The van der Waals surface area contributed by atoms with Crippen LogP contribution in [0.25, 0.3) is 10.9 Å². The van der Waals surface area contributed by atoms with Gasteiger partial charge in [0, 0.05) is 23.3 Å². The lowest BCUT2D eigenvalue weighted by atomic mass is 10.1. The topological polar surface area (TPSA) is 70.7 Å². The number of aryl methyl sites for hydroxylation is 1. The maximum absolute atomic E-state index is 12.2. The number of nitrogens with one attached hydrogen (secondary N) is 2. The van der Waals surface area contributed by atoms with Crippen molar-refractivity contribution in [2.24, 2.45) is 0 Å². The van der Waals surface area contributed by atoms with Crippen LogP contribution in [0.15, 0.2) is 42.7 Å². The van der Waals surface area contributed by atoms with Crippen molar-refractivity contribution in [2.45, 2.75) is 13.5 Å². The van der Waals surface area contributed by atoms with Crippen LogP contribution in [0.5, 0.6) is 0 Å². The van der Waals surface area contributed by atoms with Gasteiger partial charge in [-0.05, 0) is 19.1 Å². The third kappa shape index (κ3) is 2.38. The minimum absolute atomic E-state index is 0.112. The average molecular weight is 266 g/mol. The Morgan fingerprint density at radius 1 is 1.30 bits per heavy atom. The summed E-state index contributed by atoms with van der Waals surface area (Å²) in [7, 11) is 0. The first-order valence-electron chi connectivity index (χ1n) is 6.37. The number of amides is 1. The monoisotopic (exact) mass is 266 g/mol. The van der Waals surface area contributed by atoms with Crippen LogP contribution in [0, 0.1) is 6.92 Å². The molecule has 5 nitrogen and oxygen atoms in total. The van der Waals surface area contributed by atoms with E-state index in [2.05, 4.69) is 20.3 Å². The Balaban J connectivity index is 1.76. The maximum atomic E-state index is 12.2. The van der Waals surface area contributed by atoms with E-state index in [-0.39, 0.29) is 5.91 Å². The highest BCUT2D eigenvalue weighted by atomic mass is 16.1. The molecule has 2 N–H and O–H groups in total. The zero-order valence-corrected chi connectivity index (χ0v) is 11.1. The Labute approximate surface area is 116 Å². The van der Waals surface area contributed by atoms with Crippen LogP contribution in [0.4, 0.5) is 0 Å². The van der Waals surface area contributed by atoms with E-state index in [0.29, 0.717) is 17.9 Å². The van der Waals surface area contributed by atoms with Crippen molar-refractivity contribution in [2.75, 3.05) is 0 Å². The van der Waals surface area contributed by atoms with Gasteiger partial charge in [0.1, 0.15) is 5.82 Å². The zero-order chi connectivity index (χ0) is 13.9. The fourth-order valence-corrected chi connectivity index (χ4v) is 2.13. The summed E-state index contributed by atoms with van der Waals surface area (Å²) >= 11 is 0. The minimum Gasteiger partial charge on any atom is -0.360 e. The van der Waals surface area contributed by atoms with E-state index in [9.17, 15) is 4.79 Å². The molecule has 20 heavy (non-hydrogen) atoms. The number of hydrogen-bond acceptors (Lipinski definition) is 3. The molecule has 0 aliphatic carbocycles. The molecule has 2 aromatic heterocycles. The van der Waals surface area contributed by atoms with Crippen LogP contribution in [0.2, 0.25) is 0 Å². The Morgan fingerprint density at radius 3 is 3.00 bits per heavy atom. The molecular weight excluding hydrogens is 252 g/mol. The summed E-state index contributed by atoms with van der Waals surface area (Å²) in [5.41, 5.74) is 2.40. The van der Waals surface area contributed by atoms with E-state index in [1.165, 1.54) is 0 Å².